The van der Waals surface area contributed by atoms with E-state index in [1.165, 1.54) is 5.69 Å². The third-order valence-corrected chi connectivity index (χ3v) is 4.14. The molecule has 1 aromatic heterocycles. The van der Waals surface area contributed by atoms with Crippen LogP contribution in [0.15, 0.2) is 41.8 Å². The molecule has 0 unspecified atom stereocenters. The van der Waals surface area contributed by atoms with Crippen molar-refractivity contribution in [3.8, 4) is 6.07 Å². The topological polar surface area (TPSA) is 27.0 Å². The molecule has 0 aliphatic carbocycles. The Balaban J connectivity index is 2.24. The number of allylic oxidation sites excluding steroid dienone is 1. The molecule has 0 spiro atoms. The first kappa shape index (κ1) is 14.4. The molecule has 0 aliphatic heterocycles. The van der Waals surface area contributed by atoms with Gasteiger partial charge in [-0.1, -0.05) is 18.2 Å². The van der Waals surface area contributed by atoms with Crippen molar-refractivity contribution in [2.45, 2.75) is 13.8 Å². The molecule has 0 bridgehead atoms. The molecule has 102 valence electrons. The fourth-order valence-electron chi connectivity index (χ4n) is 2.13. The zero-order valence-electron chi connectivity index (χ0n) is 11.8. The molecular weight excluding hydrogens is 264 g/mol. The first-order chi connectivity index (χ1) is 9.78. The summed E-state index contributed by atoms with van der Waals surface area (Å²) in [6.07, 6.45) is 1.94. The highest BCUT2D eigenvalue weighted by Gasteiger charge is 2.03. The highest BCUT2D eigenvalue weighted by molar-refractivity contribution is 7.11. The average Bonchev–Trinajstić information content (AvgIpc) is 3.01. The summed E-state index contributed by atoms with van der Waals surface area (Å²) < 4.78 is 0. The summed E-state index contributed by atoms with van der Waals surface area (Å²) in [5, 5.41) is 11.2. The maximum Gasteiger partial charge on any atom is 0.101 e. The monoisotopic (exact) mass is 282 g/mol. The predicted octanol–water partition coefficient (Wildman–Crippen LogP) is 4.66. The molecule has 3 heteroatoms. The number of benzene rings is 1. The van der Waals surface area contributed by atoms with Crippen molar-refractivity contribution in [1.29, 1.82) is 5.26 Å². The van der Waals surface area contributed by atoms with Gasteiger partial charge in [0.15, 0.2) is 0 Å². The summed E-state index contributed by atoms with van der Waals surface area (Å²) >= 11 is 1.59. The fourth-order valence-corrected chi connectivity index (χ4v) is 2.82. The minimum Gasteiger partial charge on any atom is -0.372 e. The Hall–Kier alpha value is -2.05. The van der Waals surface area contributed by atoms with E-state index in [1.54, 1.807) is 11.3 Å². The molecule has 2 nitrogen and oxygen atoms in total. The molecule has 20 heavy (non-hydrogen) atoms. The van der Waals surface area contributed by atoms with Gasteiger partial charge in [-0.2, -0.15) is 5.26 Å². The lowest BCUT2D eigenvalue weighted by Crippen LogP contribution is -2.21. The van der Waals surface area contributed by atoms with Crippen LogP contribution in [0.3, 0.4) is 0 Å². The van der Waals surface area contributed by atoms with Crippen molar-refractivity contribution in [1.82, 2.24) is 0 Å². The second-order valence-corrected chi connectivity index (χ2v) is 5.36. The lowest BCUT2D eigenvalue weighted by Gasteiger charge is -2.20. The highest BCUT2D eigenvalue weighted by Crippen LogP contribution is 2.23. The largest absolute Gasteiger partial charge is 0.372 e. The number of nitriles is 1. The Labute approximate surface area is 124 Å². The lowest BCUT2D eigenvalue weighted by atomic mass is 10.1. The van der Waals surface area contributed by atoms with Crippen LogP contribution in [0.2, 0.25) is 0 Å². The number of hydrogen-bond donors (Lipinski definition) is 0. The van der Waals surface area contributed by atoms with E-state index in [-0.39, 0.29) is 0 Å². The Morgan fingerprint density at radius 1 is 1.20 bits per heavy atom. The van der Waals surface area contributed by atoms with Gasteiger partial charge in [0.1, 0.15) is 6.07 Å². The van der Waals surface area contributed by atoms with E-state index in [9.17, 15) is 5.26 Å². The van der Waals surface area contributed by atoms with Crippen molar-refractivity contribution in [3.63, 3.8) is 0 Å². The quantitative estimate of drug-likeness (QED) is 0.746. The molecular formula is C17H18N2S. The Bertz CT molecular complexity index is 599. The van der Waals surface area contributed by atoms with Crippen LogP contribution in [0.25, 0.3) is 11.6 Å². The second-order valence-electron chi connectivity index (χ2n) is 4.41. The molecule has 2 rings (SSSR count). The van der Waals surface area contributed by atoms with E-state index in [4.69, 9.17) is 0 Å². The van der Waals surface area contributed by atoms with Crippen LogP contribution >= 0.6 is 11.3 Å². The number of rotatable bonds is 5. The molecule has 0 aliphatic rings. The SMILES string of the molecule is CCN(CC)c1ccc(C=C(C#N)c2cccs2)cc1. The Kier molecular flexibility index (Phi) is 4.97. The number of hydrogen-bond acceptors (Lipinski definition) is 3. The van der Waals surface area contributed by atoms with Gasteiger partial charge in [0.05, 0.1) is 5.57 Å². The molecule has 0 fully saturated rings. The van der Waals surface area contributed by atoms with E-state index in [0.717, 1.165) is 29.1 Å². The molecule has 1 aromatic carbocycles. The summed E-state index contributed by atoms with van der Waals surface area (Å²) in [7, 11) is 0. The predicted molar refractivity (Wildman–Crippen MR) is 87.8 cm³/mol. The third-order valence-electron chi connectivity index (χ3n) is 3.24. The molecule has 0 amide bonds. The molecule has 0 saturated heterocycles. The van der Waals surface area contributed by atoms with Gasteiger partial charge in [-0.3, -0.25) is 0 Å². The van der Waals surface area contributed by atoms with Crippen LogP contribution in [-0.2, 0) is 0 Å². The molecule has 0 atom stereocenters. The number of nitrogens with zero attached hydrogens (tertiary/aromatic N) is 2. The minimum atomic E-state index is 0.718. The molecule has 0 radical (unpaired) electrons. The highest BCUT2D eigenvalue weighted by atomic mass is 32.1. The van der Waals surface area contributed by atoms with Crippen molar-refractivity contribution >= 4 is 28.7 Å². The maximum absolute atomic E-state index is 9.26. The summed E-state index contributed by atoms with van der Waals surface area (Å²) in [6, 6.07) is 14.6. The Morgan fingerprint density at radius 2 is 1.90 bits per heavy atom. The first-order valence-corrected chi connectivity index (χ1v) is 7.67. The van der Waals surface area contributed by atoms with Crippen LogP contribution in [0.4, 0.5) is 5.69 Å². The molecule has 0 saturated carbocycles. The third kappa shape index (κ3) is 3.28. The maximum atomic E-state index is 9.26. The summed E-state index contributed by atoms with van der Waals surface area (Å²) in [6.45, 7) is 6.32. The summed E-state index contributed by atoms with van der Waals surface area (Å²) in [5.41, 5.74) is 3.00. The van der Waals surface area contributed by atoms with Gasteiger partial charge in [-0.15, -0.1) is 11.3 Å². The van der Waals surface area contributed by atoms with Crippen LogP contribution in [-0.4, -0.2) is 13.1 Å². The fraction of sp³-hybridized carbons (Fsp3) is 0.235. The van der Waals surface area contributed by atoms with E-state index < -0.39 is 0 Å². The molecule has 1 heterocycles. The van der Waals surface area contributed by atoms with Crippen molar-refractivity contribution in [3.05, 3.63) is 52.2 Å². The van der Waals surface area contributed by atoms with Crippen LogP contribution < -0.4 is 4.90 Å². The van der Waals surface area contributed by atoms with E-state index in [2.05, 4.69) is 49.1 Å². The second kappa shape index (κ2) is 6.93. The van der Waals surface area contributed by atoms with Gasteiger partial charge in [0, 0.05) is 23.7 Å². The van der Waals surface area contributed by atoms with Crippen molar-refractivity contribution in [2.75, 3.05) is 18.0 Å². The van der Waals surface area contributed by atoms with Crippen LogP contribution in [0.1, 0.15) is 24.3 Å². The smallest absolute Gasteiger partial charge is 0.101 e. The van der Waals surface area contributed by atoms with Gasteiger partial charge < -0.3 is 4.90 Å². The van der Waals surface area contributed by atoms with Crippen molar-refractivity contribution in [2.24, 2.45) is 0 Å². The normalized spacial score (nSPS) is 11.2. The van der Waals surface area contributed by atoms with Gasteiger partial charge >= 0.3 is 0 Å². The zero-order valence-corrected chi connectivity index (χ0v) is 12.7. The van der Waals surface area contributed by atoms with Gasteiger partial charge in [0.25, 0.3) is 0 Å². The Morgan fingerprint density at radius 3 is 2.40 bits per heavy atom. The summed E-state index contributed by atoms with van der Waals surface area (Å²) in [5.74, 6) is 0. The van der Waals surface area contributed by atoms with Crippen LogP contribution in [0.5, 0.6) is 0 Å². The summed E-state index contributed by atoms with van der Waals surface area (Å²) in [4.78, 5) is 3.32. The van der Waals surface area contributed by atoms with Gasteiger partial charge in [-0.05, 0) is 49.1 Å². The average molecular weight is 282 g/mol. The molecule has 2 aromatic rings. The van der Waals surface area contributed by atoms with Crippen LogP contribution in [0, 0.1) is 11.3 Å². The minimum absolute atomic E-state index is 0.718. The number of anilines is 1. The van der Waals surface area contributed by atoms with E-state index >= 15 is 0 Å². The molecule has 0 N–H and O–H groups in total. The van der Waals surface area contributed by atoms with E-state index in [1.807, 2.05) is 23.6 Å². The zero-order chi connectivity index (χ0) is 14.4. The number of thiophene rings is 1. The standard InChI is InChI=1S/C17H18N2S/c1-3-19(4-2)16-9-7-14(8-10-16)12-15(13-18)17-6-5-11-20-17/h5-12H,3-4H2,1-2H3. The van der Waals surface area contributed by atoms with Gasteiger partial charge in [-0.25, -0.2) is 0 Å². The first-order valence-electron chi connectivity index (χ1n) is 6.79. The lowest BCUT2D eigenvalue weighted by molar-refractivity contribution is 0.866. The van der Waals surface area contributed by atoms with E-state index in [0.29, 0.717) is 0 Å². The van der Waals surface area contributed by atoms with Crippen molar-refractivity contribution < 1.29 is 0 Å². The van der Waals surface area contributed by atoms with Gasteiger partial charge in [0.2, 0.25) is 0 Å².